The van der Waals surface area contributed by atoms with Gasteiger partial charge >= 0.3 is 6.09 Å². The Labute approximate surface area is 130 Å². The van der Waals surface area contributed by atoms with E-state index < -0.39 is 5.60 Å². The molecule has 0 aliphatic carbocycles. The topological polar surface area (TPSA) is 45.7 Å². The van der Waals surface area contributed by atoms with Crippen LogP contribution in [0.2, 0.25) is 5.15 Å². The Bertz CT molecular complexity index is 500. The van der Waals surface area contributed by atoms with Crippen LogP contribution in [0.15, 0.2) is 12.1 Å². The average Bonchev–Trinajstić information content (AvgIpc) is 2.35. The molecule has 0 atom stereocenters. The lowest BCUT2D eigenvalue weighted by atomic mass is 10.2. The van der Waals surface area contributed by atoms with Crippen molar-refractivity contribution in [1.82, 2.24) is 9.88 Å². The summed E-state index contributed by atoms with van der Waals surface area (Å²) >= 11 is 6.00. The van der Waals surface area contributed by atoms with Crippen LogP contribution in [0.25, 0.3) is 0 Å². The van der Waals surface area contributed by atoms with E-state index in [1.165, 1.54) is 0 Å². The molecule has 2 heterocycles. The van der Waals surface area contributed by atoms with Crippen LogP contribution in [0.3, 0.4) is 0 Å². The molecule has 6 heteroatoms. The minimum absolute atomic E-state index is 0.252. The monoisotopic (exact) mass is 311 g/mol. The van der Waals surface area contributed by atoms with Crippen molar-refractivity contribution in [3.8, 4) is 0 Å². The Hall–Kier alpha value is -1.49. The lowest BCUT2D eigenvalue weighted by Crippen LogP contribution is -2.50. The van der Waals surface area contributed by atoms with Crippen LogP contribution in [0.5, 0.6) is 0 Å². The normalized spacial score (nSPS) is 16.0. The summed E-state index contributed by atoms with van der Waals surface area (Å²) in [4.78, 5) is 20.2. The van der Waals surface area contributed by atoms with Gasteiger partial charge in [-0.05, 0) is 45.4 Å². The minimum atomic E-state index is -0.458. The van der Waals surface area contributed by atoms with Gasteiger partial charge in [0.2, 0.25) is 0 Å². The molecule has 0 bridgehead atoms. The number of carbonyl (C=O) groups excluding carboxylic acids is 1. The number of nitrogens with zero attached hydrogens (tertiary/aromatic N) is 3. The van der Waals surface area contributed by atoms with Crippen LogP contribution in [0, 0.1) is 6.92 Å². The van der Waals surface area contributed by atoms with E-state index in [-0.39, 0.29) is 6.09 Å². The van der Waals surface area contributed by atoms with Gasteiger partial charge in [0, 0.05) is 26.2 Å². The van der Waals surface area contributed by atoms with Crippen LogP contribution in [0.1, 0.15) is 26.3 Å². The summed E-state index contributed by atoms with van der Waals surface area (Å²) in [6, 6.07) is 3.84. The molecule has 0 N–H and O–H groups in total. The molecule has 21 heavy (non-hydrogen) atoms. The van der Waals surface area contributed by atoms with E-state index in [9.17, 15) is 4.79 Å². The molecule has 0 spiro atoms. The lowest BCUT2D eigenvalue weighted by Gasteiger charge is -2.36. The van der Waals surface area contributed by atoms with E-state index in [0.717, 1.165) is 24.5 Å². The molecule has 0 unspecified atom stereocenters. The third-order valence-corrected chi connectivity index (χ3v) is 3.37. The Morgan fingerprint density at radius 3 is 2.38 bits per heavy atom. The summed E-state index contributed by atoms with van der Waals surface area (Å²) in [6.45, 7) is 10.3. The molecule has 1 amide bonds. The van der Waals surface area contributed by atoms with Crippen molar-refractivity contribution in [2.24, 2.45) is 0 Å². The Balaban J connectivity index is 1.95. The summed E-state index contributed by atoms with van der Waals surface area (Å²) < 4.78 is 5.39. The average molecular weight is 312 g/mol. The van der Waals surface area contributed by atoms with Gasteiger partial charge in [0.25, 0.3) is 0 Å². The number of hydrogen-bond donors (Lipinski definition) is 0. The molecule has 1 aliphatic rings. The molecule has 116 valence electrons. The lowest BCUT2D eigenvalue weighted by molar-refractivity contribution is 0.0240. The molecule has 0 aromatic carbocycles. The predicted octanol–water partition coefficient (Wildman–Crippen LogP) is 3.10. The van der Waals surface area contributed by atoms with Crippen molar-refractivity contribution in [2.75, 3.05) is 31.1 Å². The molecule has 5 nitrogen and oxygen atoms in total. The Morgan fingerprint density at radius 1 is 1.24 bits per heavy atom. The number of pyridine rings is 1. The number of hydrogen-bond acceptors (Lipinski definition) is 4. The fourth-order valence-electron chi connectivity index (χ4n) is 2.21. The number of aromatic nitrogens is 1. The Morgan fingerprint density at radius 2 is 1.86 bits per heavy atom. The zero-order valence-corrected chi connectivity index (χ0v) is 13.8. The maximum absolute atomic E-state index is 12.0. The number of piperazine rings is 1. The van der Waals surface area contributed by atoms with E-state index in [2.05, 4.69) is 9.88 Å². The predicted molar refractivity (Wildman–Crippen MR) is 84.0 cm³/mol. The van der Waals surface area contributed by atoms with Crippen LogP contribution in [0.4, 0.5) is 10.6 Å². The van der Waals surface area contributed by atoms with Gasteiger partial charge in [0.15, 0.2) is 0 Å². The molecule has 2 rings (SSSR count). The highest BCUT2D eigenvalue weighted by Gasteiger charge is 2.26. The number of anilines is 1. The van der Waals surface area contributed by atoms with Crippen molar-refractivity contribution in [3.05, 3.63) is 22.8 Å². The molecule has 1 saturated heterocycles. The van der Waals surface area contributed by atoms with Crippen molar-refractivity contribution < 1.29 is 9.53 Å². The summed E-state index contributed by atoms with van der Waals surface area (Å²) in [5.41, 5.74) is 0.624. The number of amides is 1. The van der Waals surface area contributed by atoms with Gasteiger partial charge in [-0.3, -0.25) is 0 Å². The number of halogens is 1. The molecule has 1 aliphatic heterocycles. The highest BCUT2D eigenvalue weighted by atomic mass is 35.5. The van der Waals surface area contributed by atoms with Crippen LogP contribution in [-0.4, -0.2) is 47.8 Å². The molecular formula is C15H22ClN3O2. The molecule has 0 saturated carbocycles. The zero-order chi connectivity index (χ0) is 15.6. The van der Waals surface area contributed by atoms with Gasteiger partial charge in [-0.1, -0.05) is 11.6 Å². The second-order valence-electron chi connectivity index (χ2n) is 6.28. The number of ether oxygens (including phenoxy) is 1. The first kappa shape index (κ1) is 15.9. The van der Waals surface area contributed by atoms with Crippen LogP contribution in [-0.2, 0) is 4.74 Å². The fourth-order valence-corrected chi connectivity index (χ4v) is 2.47. The third-order valence-electron chi connectivity index (χ3n) is 3.18. The second-order valence-corrected chi connectivity index (χ2v) is 6.67. The van der Waals surface area contributed by atoms with Gasteiger partial charge < -0.3 is 14.5 Å². The standard InChI is InChI=1S/C15H22ClN3O2/c1-11-9-12(16)17-13(10-11)18-5-7-19(8-6-18)14(20)21-15(2,3)4/h9-10H,5-8H2,1-4H3. The second kappa shape index (κ2) is 6.10. The van der Waals surface area contributed by atoms with E-state index in [1.807, 2.05) is 39.8 Å². The maximum atomic E-state index is 12.0. The number of aryl methyl sites for hydroxylation is 1. The van der Waals surface area contributed by atoms with E-state index in [0.29, 0.717) is 18.2 Å². The smallest absolute Gasteiger partial charge is 0.410 e. The van der Waals surface area contributed by atoms with Crippen molar-refractivity contribution in [3.63, 3.8) is 0 Å². The van der Waals surface area contributed by atoms with E-state index >= 15 is 0 Å². The maximum Gasteiger partial charge on any atom is 0.410 e. The molecule has 1 aromatic heterocycles. The van der Waals surface area contributed by atoms with Crippen molar-refractivity contribution >= 4 is 23.5 Å². The summed E-state index contributed by atoms with van der Waals surface area (Å²) in [5, 5.41) is 0.500. The first-order valence-corrected chi connectivity index (χ1v) is 7.49. The van der Waals surface area contributed by atoms with Gasteiger partial charge in [-0.25, -0.2) is 9.78 Å². The van der Waals surface area contributed by atoms with Gasteiger partial charge in [0.05, 0.1) is 0 Å². The van der Waals surface area contributed by atoms with Gasteiger partial charge in [-0.2, -0.15) is 0 Å². The first-order valence-electron chi connectivity index (χ1n) is 7.12. The largest absolute Gasteiger partial charge is 0.444 e. The SMILES string of the molecule is Cc1cc(Cl)nc(N2CCN(C(=O)OC(C)(C)C)CC2)c1. The number of carbonyl (C=O) groups is 1. The molecule has 0 radical (unpaired) electrons. The zero-order valence-electron chi connectivity index (χ0n) is 13.0. The van der Waals surface area contributed by atoms with E-state index in [4.69, 9.17) is 16.3 Å². The first-order chi connectivity index (χ1) is 9.74. The number of rotatable bonds is 1. The minimum Gasteiger partial charge on any atom is -0.444 e. The molecule has 1 fully saturated rings. The summed E-state index contributed by atoms with van der Waals surface area (Å²) in [5.74, 6) is 0.865. The molecular weight excluding hydrogens is 290 g/mol. The summed E-state index contributed by atoms with van der Waals surface area (Å²) in [7, 11) is 0. The third kappa shape index (κ3) is 4.49. The van der Waals surface area contributed by atoms with Crippen molar-refractivity contribution in [2.45, 2.75) is 33.3 Å². The highest BCUT2D eigenvalue weighted by molar-refractivity contribution is 6.29. The molecule has 1 aromatic rings. The highest BCUT2D eigenvalue weighted by Crippen LogP contribution is 2.20. The van der Waals surface area contributed by atoms with Crippen molar-refractivity contribution in [1.29, 1.82) is 0 Å². The van der Waals surface area contributed by atoms with E-state index in [1.54, 1.807) is 4.90 Å². The quantitative estimate of drug-likeness (QED) is 0.748. The Kier molecular flexibility index (Phi) is 4.61. The van der Waals surface area contributed by atoms with Gasteiger partial charge in [0.1, 0.15) is 16.6 Å². The van der Waals surface area contributed by atoms with Gasteiger partial charge in [-0.15, -0.1) is 0 Å². The van der Waals surface area contributed by atoms with Crippen LogP contribution >= 0.6 is 11.6 Å². The van der Waals surface area contributed by atoms with Crippen LogP contribution < -0.4 is 4.90 Å². The summed E-state index contributed by atoms with van der Waals surface area (Å²) in [6.07, 6.45) is -0.252. The fraction of sp³-hybridized carbons (Fsp3) is 0.600.